The summed E-state index contributed by atoms with van der Waals surface area (Å²) in [6, 6.07) is 6.80. The minimum atomic E-state index is -0.488. The Labute approximate surface area is 84.0 Å². The normalized spacial score (nSPS) is 11.8. The van der Waals surface area contributed by atoms with Crippen molar-refractivity contribution in [1.29, 1.82) is 0 Å². The van der Waals surface area contributed by atoms with Crippen LogP contribution in [0.25, 0.3) is 10.4 Å². The summed E-state index contributed by atoms with van der Waals surface area (Å²) >= 11 is 3.29. The highest BCUT2D eigenvalue weighted by molar-refractivity contribution is 9.10. The smallest absolute Gasteiger partial charge is 0.0856 e. The van der Waals surface area contributed by atoms with Crippen molar-refractivity contribution in [2.75, 3.05) is 6.61 Å². The molecule has 1 unspecified atom stereocenters. The van der Waals surface area contributed by atoms with Crippen molar-refractivity contribution in [3.8, 4) is 0 Å². The molecule has 0 saturated heterocycles. The first-order valence-electron chi connectivity index (χ1n) is 3.68. The third-order valence-corrected chi connectivity index (χ3v) is 2.15. The molecule has 0 radical (unpaired) electrons. The molecule has 0 heterocycles. The lowest BCUT2D eigenvalue weighted by Gasteiger charge is -2.06. The molecule has 0 saturated carbocycles. The molecule has 1 aromatic rings. The second-order valence-corrected chi connectivity index (χ2v) is 3.37. The predicted octanol–water partition coefficient (Wildman–Crippen LogP) is 2.79. The Morgan fingerprint density at radius 1 is 1.46 bits per heavy atom. The maximum absolute atomic E-state index is 8.90. The third kappa shape index (κ3) is 2.73. The molecule has 1 atom stereocenters. The summed E-state index contributed by atoms with van der Waals surface area (Å²) in [4.78, 5) is 2.66. The van der Waals surface area contributed by atoms with E-state index in [0.717, 1.165) is 10.0 Å². The summed E-state index contributed by atoms with van der Waals surface area (Å²) in [5.41, 5.74) is 9.03. The zero-order valence-electron chi connectivity index (χ0n) is 6.76. The first-order chi connectivity index (χ1) is 6.27. The highest BCUT2D eigenvalue weighted by Gasteiger charge is 2.06. The average Bonchev–Trinajstić information content (AvgIpc) is 2.16. The molecule has 1 N–H and O–H groups in total. The maximum atomic E-state index is 8.90. The van der Waals surface area contributed by atoms with Crippen LogP contribution in [0.1, 0.15) is 11.6 Å². The van der Waals surface area contributed by atoms with E-state index in [0.29, 0.717) is 0 Å². The van der Waals surface area contributed by atoms with Gasteiger partial charge in [-0.2, -0.15) is 0 Å². The van der Waals surface area contributed by atoms with Gasteiger partial charge in [0.15, 0.2) is 0 Å². The average molecular weight is 242 g/mol. The van der Waals surface area contributed by atoms with Crippen molar-refractivity contribution in [3.63, 3.8) is 0 Å². The van der Waals surface area contributed by atoms with Crippen LogP contribution in [-0.4, -0.2) is 11.7 Å². The maximum Gasteiger partial charge on any atom is 0.0856 e. The van der Waals surface area contributed by atoms with E-state index in [4.69, 9.17) is 10.6 Å². The van der Waals surface area contributed by atoms with Gasteiger partial charge in [0.05, 0.1) is 12.6 Å². The summed E-state index contributed by atoms with van der Waals surface area (Å²) in [5.74, 6) is 0. The quantitative estimate of drug-likeness (QED) is 0.494. The van der Waals surface area contributed by atoms with E-state index in [2.05, 4.69) is 26.0 Å². The molecule has 0 bridgehead atoms. The number of aliphatic hydroxyl groups excluding tert-OH is 1. The molecule has 1 aromatic carbocycles. The van der Waals surface area contributed by atoms with Gasteiger partial charge in [0.1, 0.15) is 0 Å². The fourth-order valence-electron chi connectivity index (χ4n) is 0.956. The van der Waals surface area contributed by atoms with E-state index < -0.39 is 6.04 Å². The van der Waals surface area contributed by atoms with E-state index in [1.807, 2.05) is 12.1 Å². The van der Waals surface area contributed by atoms with Crippen LogP contribution in [0.5, 0.6) is 0 Å². The van der Waals surface area contributed by atoms with E-state index in [-0.39, 0.29) is 6.61 Å². The number of aliphatic hydroxyl groups is 1. The van der Waals surface area contributed by atoms with Crippen molar-refractivity contribution >= 4 is 15.9 Å². The number of hydrogen-bond donors (Lipinski definition) is 1. The van der Waals surface area contributed by atoms with Gasteiger partial charge in [-0.1, -0.05) is 33.2 Å². The molecule has 0 aliphatic heterocycles. The van der Waals surface area contributed by atoms with Crippen LogP contribution in [-0.2, 0) is 0 Å². The molecular weight excluding hydrogens is 234 g/mol. The SMILES string of the molecule is [N-]=[N+]=NC(CO)c1ccc(Br)cc1. The van der Waals surface area contributed by atoms with Gasteiger partial charge in [0.2, 0.25) is 0 Å². The molecule has 4 nitrogen and oxygen atoms in total. The zero-order valence-corrected chi connectivity index (χ0v) is 8.35. The molecular formula is C8H8BrN3O. The molecule has 0 spiro atoms. The Morgan fingerprint density at radius 2 is 2.08 bits per heavy atom. The van der Waals surface area contributed by atoms with Crippen LogP contribution in [0.2, 0.25) is 0 Å². The highest BCUT2D eigenvalue weighted by atomic mass is 79.9. The highest BCUT2D eigenvalue weighted by Crippen LogP contribution is 2.19. The van der Waals surface area contributed by atoms with Gasteiger partial charge in [-0.05, 0) is 23.2 Å². The Balaban J connectivity index is 2.91. The van der Waals surface area contributed by atoms with Gasteiger partial charge in [0.25, 0.3) is 0 Å². The molecule has 1 rings (SSSR count). The predicted molar refractivity (Wildman–Crippen MR) is 53.1 cm³/mol. The van der Waals surface area contributed by atoms with Gasteiger partial charge in [-0.15, -0.1) is 0 Å². The van der Waals surface area contributed by atoms with E-state index in [1.54, 1.807) is 12.1 Å². The summed E-state index contributed by atoms with van der Waals surface area (Å²) < 4.78 is 0.953. The second kappa shape index (κ2) is 4.87. The fraction of sp³-hybridized carbons (Fsp3) is 0.250. The Morgan fingerprint density at radius 3 is 2.54 bits per heavy atom. The summed E-state index contributed by atoms with van der Waals surface area (Å²) in [6.07, 6.45) is 0. The number of halogens is 1. The molecule has 0 amide bonds. The summed E-state index contributed by atoms with van der Waals surface area (Å²) in [7, 11) is 0. The molecule has 0 aliphatic rings. The Kier molecular flexibility index (Phi) is 3.76. The second-order valence-electron chi connectivity index (χ2n) is 2.45. The molecule has 5 heteroatoms. The first-order valence-corrected chi connectivity index (χ1v) is 4.47. The number of rotatable bonds is 3. The molecule has 0 aliphatic carbocycles. The topological polar surface area (TPSA) is 69.0 Å². The minimum absolute atomic E-state index is 0.175. The van der Waals surface area contributed by atoms with Gasteiger partial charge >= 0.3 is 0 Å². The van der Waals surface area contributed by atoms with Crippen molar-refractivity contribution in [1.82, 2.24) is 0 Å². The summed E-state index contributed by atoms with van der Waals surface area (Å²) in [6.45, 7) is -0.175. The molecule has 0 aromatic heterocycles. The lowest BCUT2D eigenvalue weighted by Crippen LogP contribution is -1.99. The number of azide groups is 1. The monoisotopic (exact) mass is 241 g/mol. The standard InChI is InChI=1S/C8H8BrN3O/c9-7-3-1-6(2-4-7)8(5-13)11-12-10/h1-4,8,13H,5H2. The van der Waals surface area contributed by atoms with Crippen molar-refractivity contribution in [2.24, 2.45) is 5.11 Å². The Bertz CT molecular complexity index is 319. The van der Waals surface area contributed by atoms with Gasteiger partial charge in [0, 0.05) is 9.38 Å². The van der Waals surface area contributed by atoms with Crippen molar-refractivity contribution in [3.05, 3.63) is 44.7 Å². The van der Waals surface area contributed by atoms with Crippen LogP contribution in [0.15, 0.2) is 33.9 Å². The molecule has 13 heavy (non-hydrogen) atoms. The number of hydrogen-bond acceptors (Lipinski definition) is 2. The fourth-order valence-corrected chi connectivity index (χ4v) is 1.22. The minimum Gasteiger partial charge on any atom is -0.396 e. The van der Waals surface area contributed by atoms with Crippen LogP contribution in [0.3, 0.4) is 0 Å². The van der Waals surface area contributed by atoms with Crippen LogP contribution in [0.4, 0.5) is 0 Å². The van der Waals surface area contributed by atoms with Gasteiger partial charge in [-0.25, -0.2) is 0 Å². The first kappa shape index (κ1) is 10.1. The van der Waals surface area contributed by atoms with Crippen molar-refractivity contribution < 1.29 is 5.11 Å². The van der Waals surface area contributed by atoms with Crippen molar-refractivity contribution in [2.45, 2.75) is 6.04 Å². The van der Waals surface area contributed by atoms with Crippen LogP contribution >= 0.6 is 15.9 Å². The zero-order chi connectivity index (χ0) is 9.68. The van der Waals surface area contributed by atoms with E-state index in [9.17, 15) is 0 Å². The summed E-state index contributed by atoms with van der Waals surface area (Å²) in [5, 5.41) is 12.4. The number of benzene rings is 1. The third-order valence-electron chi connectivity index (χ3n) is 1.62. The van der Waals surface area contributed by atoms with E-state index >= 15 is 0 Å². The van der Waals surface area contributed by atoms with Gasteiger partial charge < -0.3 is 5.11 Å². The lowest BCUT2D eigenvalue weighted by molar-refractivity contribution is 0.268. The van der Waals surface area contributed by atoms with Crippen LogP contribution < -0.4 is 0 Å². The Hall–Kier alpha value is -1.03. The largest absolute Gasteiger partial charge is 0.396 e. The molecule has 68 valence electrons. The van der Waals surface area contributed by atoms with Gasteiger partial charge in [-0.3, -0.25) is 0 Å². The lowest BCUT2D eigenvalue weighted by atomic mass is 10.1. The van der Waals surface area contributed by atoms with E-state index in [1.165, 1.54) is 0 Å². The molecule has 0 fully saturated rings. The van der Waals surface area contributed by atoms with Crippen LogP contribution in [0, 0.1) is 0 Å². The number of nitrogens with zero attached hydrogens (tertiary/aromatic N) is 3.